The van der Waals surface area contributed by atoms with Crippen molar-refractivity contribution in [3.63, 3.8) is 0 Å². The fourth-order valence-electron chi connectivity index (χ4n) is 1.78. The smallest absolute Gasteiger partial charge is 0.120 e. The molecule has 0 aromatic carbocycles. The summed E-state index contributed by atoms with van der Waals surface area (Å²) in [5, 5.41) is 0. The lowest BCUT2D eigenvalue weighted by Crippen LogP contribution is -2.48. The Balaban J connectivity index is 2.71. The van der Waals surface area contributed by atoms with Gasteiger partial charge in [0.2, 0.25) is 0 Å². The van der Waals surface area contributed by atoms with Crippen molar-refractivity contribution in [2.45, 2.75) is 42.6 Å². The van der Waals surface area contributed by atoms with Crippen LogP contribution < -0.4 is 0 Å². The van der Waals surface area contributed by atoms with Gasteiger partial charge in [0.25, 0.3) is 0 Å². The Morgan fingerprint density at radius 1 is 1.29 bits per heavy atom. The molecule has 0 unspecified atom stereocenters. The molecule has 0 radical (unpaired) electrons. The second-order valence-electron chi connectivity index (χ2n) is 4.76. The van der Waals surface area contributed by atoms with Gasteiger partial charge in [-0.3, -0.25) is 0 Å². The van der Waals surface area contributed by atoms with Gasteiger partial charge < -0.3 is 4.79 Å². The first-order valence-corrected chi connectivity index (χ1v) is 10.7. The van der Waals surface area contributed by atoms with Gasteiger partial charge in [-0.15, -0.1) is 23.5 Å². The Labute approximate surface area is 96.8 Å². The summed E-state index contributed by atoms with van der Waals surface area (Å²) in [6, 6.07) is 0. The van der Waals surface area contributed by atoms with Gasteiger partial charge in [0.15, 0.2) is 0 Å². The molecule has 0 spiro atoms. The van der Waals surface area contributed by atoms with E-state index in [0.29, 0.717) is 3.70 Å². The van der Waals surface area contributed by atoms with Crippen LogP contribution in [0.25, 0.3) is 0 Å². The van der Waals surface area contributed by atoms with E-state index in [1.54, 1.807) is 0 Å². The van der Waals surface area contributed by atoms with Gasteiger partial charge >= 0.3 is 0 Å². The van der Waals surface area contributed by atoms with Crippen molar-refractivity contribution in [1.29, 1.82) is 0 Å². The lowest BCUT2D eigenvalue weighted by molar-refractivity contribution is -0.107. The van der Waals surface area contributed by atoms with Crippen LogP contribution in [0.3, 0.4) is 0 Å². The SMILES string of the molecule is C[Si](C)(C)C1(CCC=O)SCCCS1. The third kappa shape index (κ3) is 2.80. The van der Waals surface area contributed by atoms with Gasteiger partial charge in [0, 0.05) is 6.42 Å². The highest BCUT2D eigenvalue weighted by Gasteiger charge is 2.44. The van der Waals surface area contributed by atoms with Crippen molar-refractivity contribution >= 4 is 37.9 Å². The van der Waals surface area contributed by atoms with E-state index in [4.69, 9.17) is 0 Å². The van der Waals surface area contributed by atoms with E-state index in [-0.39, 0.29) is 0 Å². The Morgan fingerprint density at radius 3 is 2.29 bits per heavy atom. The monoisotopic (exact) mass is 248 g/mol. The Morgan fingerprint density at radius 2 is 1.86 bits per heavy atom. The van der Waals surface area contributed by atoms with Crippen LogP contribution in [0.1, 0.15) is 19.3 Å². The largest absolute Gasteiger partial charge is 0.303 e. The maximum atomic E-state index is 10.5. The van der Waals surface area contributed by atoms with Gasteiger partial charge in [0.05, 0.1) is 11.8 Å². The minimum absolute atomic E-state index is 0.409. The molecule has 1 nitrogen and oxygen atoms in total. The highest BCUT2D eigenvalue weighted by Crippen LogP contribution is 2.51. The second kappa shape index (κ2) is 5.08. The molecule has 1 heterocycles. The molecule has 0 aromatic heterocycles. The van der Waals surface area contributed by atoms with Gasteiger partial charge in [-0.05, 0) is 24.3 Å². The molecule has 0 saturated carbocycles. The van der Waals surface area contributed by atoms with Crippen molar-refractivity contribution < 1.29 is 4.79 Å². The summed E-state index contributed by atoms with van der Waals surface area (Å²) < 4.78 is 0.409. The molecular formula is C10H20OS2Si. The molecule has 1 saturated heterocycles. The predicted octanol–water partition coefficient (Wildman–Crippen LogP) is 3.41. The number of hydrogen-bond acceptors (Lipinski definition) is 3. The molecule has 1 rings (SSSR count). The lowest BCUT2D eigenvalue weighted by Gasteiger charge is -2.45. The Bertz CT molecular complexity index is 195. The lowest BCUT2D eigenvalue weighted by atomic mass is 10.4. The third-order valence-corrected chi connectivity index (χ3v) is 12.8. The summed E-state index contributed by atoms with van der Waals surface area (Å²) in [6.07, 6.45) is 4.24. The predicted molar refractivity (Wildman–Crippen MR) is 70.9 cm³/mol. The normalized spacial score (nSPS) is 21.9. The molecule has 14 heavy (non-hydrogen) atoms. The first kappa shape index (κ1) is 12.7. The van der Waals surface area contributed by atoms with Crippen molar-refractivity contribution in [3.8, 4) is 0 Å². The average molecular weight is 248 g/mol. The van der Waals surface area contributed by atoms with E-state index in [0.717, 1.165) is 19.1 Å². The quantitative estimate of drug-likeness (QED) is 0.561. The highest BCUT2D eigenvalue weighted by atomic mass is 32.2. The van der Waals surface area contributed by atoms with Crippen molar-refractivity contribution in [1.82, 2.24) is 0 Å². The molecule has 1 aliphatic rings. The van der Waals surface area contributed by atoms with E-state index in [1.165, 1.54) is 17.9 Å². The first-order chi connectivity index (χ1) is 6.52. The van der Waals surface area contributed by atoms with Crippen LogP contribution in [0, 0.1) is 0 Å². The molecule has 0 amide bonds. The molecule has 4 heteroatoms. The summed E-state index contributed by atoms with van der Waals surface area (Å²) in [6.45, 7) is 7.30. The van der Waals surface area contributed by atoms with Crippen LogP contribution in [0.2, 0.25) is 19.6 Å². The van der Waals surface area contributed by atoms with Gasteiger partial charge in [-0.2, -0.15) is 0 Å². The van der Waals surface area contributed by atoms with E-state index in [1.807, 2.05) is 0 Å². The zero-order chi connectivity index (χ0) is 10.7. The summed E-state index contributed by atoms with van der Waals surface area (Å²) in [5.74, 6) is 2.58. The van der Waals surface area contributed by atoms with Crippen LogP contribution in [-0.2, 0) is 4.79 Å². The summed E-state index contributed by atoms with van der Waals surface area (Å²) >= 11 is 4.25. The zero-order valence-corrected chi connectivity index (χ0v) is 12.0. The maximum Gasteiger partial charge on any atom is 0.120 e. The number of carbonyl (C=O) groups is 1. The topological polar surface area (TPSA) is 17.1 Å². The van der Waals surface area contributed by atoms with Crippen LogP contribution in [0.15, 0.2) is 0 Å². The molecule has 0 bridgehead atoms. The van der Waals surface area contributed by atoms with Gasteiger partial charge in [-0.25, -0.2) is 0 Å². The van der Waals surface area contributed by atoms with E-state index < -0.39 is 8.07 Å². The molecule has 1 fully saturated rings. The number of rotatable bonds is 4. The second-order valence-corrected chi connectivity index (χ2v) is 13.9. The summed E-state index contributed by atoms with van der Waals surface area (Å²) in [4.78, 5) is 10.5. The fraction of sp³-hybridized carbons (Fsp3) is 0.900. The minimum atomic E-state index is -1.18. The van der Waals surface area contributed by atoms with Crippen molar-refractivity contribution in [2.24, 2.45) is 0 Å². The van der Waals surface area contributed by atoms with E-state index in [9.17, 15) is 4.79 Å². The minimum Gasteiger partial charge on any atom is -0.303 e. The van der Waals surface area contributed by atoms with E-state index >= 15 is 0 Å². The van der Waals surface area contributed by atoms with Crippen molar-refractivity contribution in [3.05, 3.63) is 0 Å². The van der Waals surface area contributed by atoms with Crippen molar-refractivity contribution in [2.75, 3.05) is 11.5 Å². The maximum absolute atomic E-state index is 10.5. The number of thioether (sulfide) groups is 2. The number of hydrogen-bond donors (Lipinski definition) is 0. The molecule has 0 atom stereocenters. The zero-order valence-electron chi connectivity index (χ0n) is 9.34. The third-order valence-electron chi connectivity index (χ3n) is 2.69. The Hall–Kier alpha value is 0.587. The average Bonchev–Trinajstić information content (AvgIpc) is 2.14. The van der Waals surface area contributed by atoms with Crippen LogP contribution >= 0.6 is 23.5 Å². The molecule has 0 aliphatic carbocycles. The highest BCUT2D eigenvalue weighted by molar-refractivity contribution is 8.21. The van der Waals surface area contributed by atoms with Gasteiger partial charge in [-0.1, -0.05) is 19.6 Å². The standard InChI is InChI=1S/C10H20OS2Si/c1-14(2,3)10(6-4-7-11)12-8-5-9-13-10/h7H,4-6,8-9H2,1-3H3. The van der Waals surface area contributed by atoms with Gasteiger partial charge in [0.1, 0.15) is 6.29 Å². The first-order valence-electron chi connectivity index (χ1n) is 5.23. The van der Waals surface area contributed by atoms with Crippen LogP contribution in [0.5, 0.6) is 0 Å². The molecule has 0 aromatic rings. The van der Waals surface area contributed by atoms with E-state index in [2.05, 4.69) is 43.2 Å². The molecular weight excluding hydrogens is 228 g/mol. The molecule has 82 valence electrons. The van der Waals surface area contributed by atoms with Crippen LogP contribution in [0.4, 0.5) is 0 Å². The number of aldehydes is 1. The summed E-state index contributed by atoms with van der Waals surface area (Å²) in [7, 11) is -1.18. The number of carbonyl (C=O) groups excluding carboxylic acids is 1. The van der Waals surface area contributed by atoms with Crippen LogP contribution in [-0.4, -0.2) is 29.6 Å². The molecule has 1 aliphatic heterocycles. The molecule has 0 N–H and O–H groups in total. The summed E-state index contributed by atoms with van der Waals surface area (Å²) in [5.41, 5.74) is 0. The Kier molecular flexibility index (Phi) is 4.59. The fourth-order valence-corrected chi connectivity index (χ4v) is 9.52.